The van der Waals surface area contributed by atoms with E-state index in [0.29, 0.717) is 0 Å². The first kappa shape index (κ1) is 11.1. The second-order valence-corrected chi connectivity index (χ2v) is 3.87. The number of halogens is 1. The van der Waals surface area contributed by atoms with Crippen molar-refractivity contribution in [3.05, 3.63) is 0 Å². The number of hydrogen-bond acceptors (Lipinski definition) is 0. The Morgan fingerprint density at radius 3 is 2.10 bits per heavy atom. The molecule has 0 heterocycles. The van der Waals surface area contributed by atoms with E-state index >= 15 is 0 Å². The first-order valence-electron chi connectivity index (χ1n) is 3.96. The molecular formula is C8H17ClMg. The molecule has 0 N–H and O–H groups in total. The van der Waals surface area contributed by atoms with Gasteiger partial charge in [0, 0.05) is 4.87 Å². The minimum absolute atomic E-state index is 0. The molecule has 0 nitrogen and oxygen atoms in total. The molecule has 2 heteroatoms. The van der Waals surface area contributed by atoms with E-state index in [-0.39, 0.29) is 30.8 Å². The maximum atomic E-state index is 6.26. The van der Waals surface area contributed by atoms with E-state index in [1.165, 1.54) is 32.1 Å². The van der Waals surface area contributed by atoms with Crippen LogP contribution in [0.2, 0.25) is 0 Å². The van der Waals surface area contributed by atoms with Gasteiger partial charge in [-0.05, 0) is 19.3 Å². The van der Waals surface area contributed by atoms with E-state index in [1.54, 1.807) is 0 Å². The van der Waals surface area contributed by atoms with Crippen LogP contribution in [0.5, 0.6) is 0 Å². The summed E-state index contributed by atoms with van der Waals surface area (Å²) in [5.74, 6) is 0. The number of rotatable bonds is 1. The van der Waals surface area contributed by atoms with Crippen molar-refractivity contribution in [1.82, 2.24) is 0 Å². The van der Waals surface area contributed by atoms with Crippen LogP contribution in [0.4, 0.5) is 0 Å². The fraction of sp³-hybridized carbons (Fsp3) is 1.00. The van der Waals surface area contributed by atoms with Gasteiger partial charge in [0.2, 0.25) is 0 Å². The third kappa shape index (κ3) is 2.97. The summed E-state index contributed by atoms with van der Waals surface area (Å²) in [4.78, 5) is 0.193. The second-order valence-electron chi connectivity index (χ2n) is 3.07. The summed E-state index contributed by atoms with van der Waals surface area (Å²) in [6.45, 7) is 2.19. The summed E-state index contributed by atoms with van der Waals surface area (Å²) in [5, 5.41) is 0. The molecule has 0 aromatic carbocycles. The molecule has 0 unspecified atom stereocenters. The Labute approximate surface area is 87.8 Å². The molecule has 10 heavy (non-hydrogen) atoms. The zero-order chi connectivity index (χ0) is 6.74. The fourth-order valence-corrected chi connectivity index (χ4v) is 1.81. The van der Waals surface area contributed by atoms with Crippen LogP contribution in [-0.2, 0) is 0 Å². The largest absolute Gasteiger partial charge is 2.00 e. The molecule has 1 aliphatic carbocycles. The summed E-state index contributed by atoms with van der Waals surface area (Å²) in [6, 6.07) is 0. The minimum atomic E-state index is 0. The van der Waals surface area contributed by atoms with Gasteiger partial charge in [-0.15, -0.1) is 11.6 Å². The van der Waals surface area contributed by atoms with Gasteiger partial charge in [-0.25, -0.2) is 0 Å². The number of alkyl halides is 1. The van der Waals surface area contributed by atoms with Crippen molar-refractivity contribution in [3.63, 3.8) is 0 Å². The normalized spacial score (nSPS) is 23.4. The van der Waals surface area contributed by atoms with Gasteiger partial charge in [0.15, 0.2) is 0 Å². The van der Waals surface area contributed by atoms with Crippen LogP contribution in [0.15, 0.2) is 0 Å². The summed E-state index contributed by atoms with van der Waals surface area (Å²) in [7, 11) is 0. The Bertz CT molecular complexity index is 95.1. The van der Waals surface area contributed by atoms with E-state index in [9.17, 15) is 0 Å². The Morgan fingerprint density at radius 1 is 1.30 bits per heavy atom. The zero-order valence-corrected chi connectivity index (χ0v) is 9.00. The molecule has 0 bridgehead atoms. The molecule has 58 valence electrons. The standard InChI is InChI=1S/C8H15Cl.Mg.2H/c1-2-8(9)6-4-3-5-7-8;;;/h2-7H2,1H3;;;/q;+2;2*-1. The Kier molecular flexibility index (Phi) is 5.35. The van der Waals surface area contributed by atoms with Crippen LogP contribution in [-0.4, -0.2) is 27.9 Å². The Balaban J connectivity index is -0.000000270. The van der Waals surface area contributed by atoms with Gasteiger partial charge < -0.3 is 2.85 Å². The average molecular weight is 173 g/mol. The quantitative estimate of drug-likeness (QED) is 0.421. The topological polar surface area (TPSA) is 0 Å². The van der Waals surface area contributed by atoms with Crippen molar-refractivity contribution in [2.75, 3.05) is 0 Å². The molecule has 1 rings (SSSR count). The first-order chi connectivity index (χ1) is 4.27. The monoisotopic (exact) mass is 172 g/mol. The average Bonchev–Trinajstić information content (AvgIpc) is 1.90. The van der Waals surface area contributed by atoms with Crippen LogP contribution in [0.25, 0.3) is 0 Å². The van der Waals surface area contributed by atoms with Gasteiger partial charge in [0.25, 0.3) is 0 Å². The van der Waals surface area contributed by atoms with Gasteiger partial charge in [0.1, 0.15) is 0 Å². The fourth-order valence-electron chi connectivity index (χ4n) is 1.54. The van der Waals surface area contributed by atoms with Crippen molar-refractivity contribution in [2.45, 2.75) is 50.3 Å². The Hall–Kier alpha value is 1.06. The maximum absolute atomic E-state index is 6.26. The smallest absolute Gasteiger partial charge is 1.00 e. The van der Waals surface area contributed by atoms with Crippen LogP contribution in [0.3, 0.4) is 0 Å². The third-order valence-electron chi connectivity index (χ3n) is 2.38. The third-order valence-corrected chi connectivity index (χ3v) is 3.03. The van der Waals surface area contributed by atoms with Crippen molar-refractivity contribution >= 4 is 34.7 Å². The minimum Gasteiger partial charge on any atom is -1.00 e. The van der Waals surface area contributed by atoms with Gasteiger partial charge >= 0.3 is 23.1 Å². The van der Waals surface area contributed by atoms with Crippen molar-refractivity contribution in [3.8, 4) is 0 Å². The van der Waals surface area contributed by atoms with Crippen molar-refractivity contribution in [1.29, 1.82) is 0 Å². The molecule has 0 aromatic heterocycles. The summed E-state index contributed by atoms with van der Waals surface area (Å²) >= 11 is 6.26. The van der Waals surface area contributed by atoms with Gasteiger partial charge in [-0.2, -0.15) is 0 Å². The molecule has 0 aliphatic heterocycles. The maximum Gasteiger partial charge on any atom is 2.00 e. The van der Waals surface area contributed by atoms with E-state index in [1.807, 2.05) is 0 Å². The van der Waals surface area contributed by atoms with Crippen LogP contribution in [0, 0.1) is 0 Å². The van der Waals surface area contributed by atoms with E-state index in [4.69, 9.17) is 11.6 Å². The first-order valence-corrected chi connectivity index (χ1v) is 4.33. The SMILES string of the molecule is CCC1(Cl)CCCCC1.[H-].[H-].[Mg+2]. The molecule has 0 atom stereocenters. The molecule has 0 aromatic rings. The van der Waals surface area contributed by atoms with Crippen LogP contribution >= 0.6 is 11.6 Å². The number of hydrogen-bond donors (Lipinski definition) is 0. The predicted molar refractivity (Wildman–Crippen MR) is 49.9 cm³/mol. The summed E-state index contributed by atoms with van der Waals surface area (Å²) < 4.78 is 0. The molecular weight excluding hydrogens is 156 g/mol. The molecule has 0 radical (unpaired) electrons. The van der Waals surface area contributed by atoms with E-state index < -0.39 is 0 Å². The molecule has 1 aliphatic rings. The van der Waals surface area contributed by atoms with Gasteiger partial charge in [0.05, 0.1) is 0 Å². The van der Waals surface area contributed by atoms with Crippen molar-refractivity contribution < 1.29 is 2.85 Å². The predicted octanol–water partition coefficient (Wildman–Crippen LogP) is 3.18. The molecule has 0 saturated heterocycles. The van der Waals surface area contributed by atoms with Crippen LogP contribution < -0.4 is 0 Å². The summed E-state index contributed by atoms with van der Waals surface area (Å²) in [5.41, 5.74) is 0. The molecule has 1 saturated carbocycles. The van der Waals surface area contributed by atoms with Gasteiger partial charge in [-0.3, -0.25) is 0 Å². The van der Waals surface area contributed by atoms with Crippen molar-refractivity contribution in [2.24, 2.45) is 0 Å². The zero-order valence-electron chi connectivity index (χ0n) is 8.83. The molecule has 0 spiro atoms. The summed E-state index contributed by atoms with van der Waals surface area (Å²) in [6.07, 6.45) is 7.72. The molecule has 1 fully saturated rings. The second kappa shape index (κ2) is 4.84. The Morgan fingerprint density at radius 2 is 1.80 bits per heavy atom. The van der Waals surface area contributed by atoms with E-state index in [0.717, 1.165) is 6.42 Å². The van der Waals surface area contributed by atoms with Crippen LogP contribution in [0.1, 0.15) is 48.3 Å². The van der Waals surface area contributed by atoms with Gasteiger partial charge in [-0.1, -0.05) is 26.2 Å². The van der Waals surface area contributed by atoms with E-state index in [2.05, 4.69) is 6.92 Å². The molecule has 0 amide bonds.